The zero-order chi connectivity index (χ0) is 33.0. The maximum absolute atomic E-state index is 3.44. The molecule has 0 atom stereocenters. The van der Waals surface area contributed by atoms with Gasteiger partial charge in [-0.3, -0.25) is 0 Å². The van der Waals surface area contributed by atoms with E-state index in [-0.39, 0.29) is 0 Å². The van der Waals surface area contributed by atoms with Gasteiger partial charge in [-0.05, 0) is 72.2 Å². The standard InChI is InChI=1S/C42H34N6/c1-29-39-25-31-13-17-35(39)37-19-15-33(27-41(37)47(29)3)45-23-11-8-6-10-22-44-32-14-18-36-38-20-16-34(46-24-12-7-5-9-21-43-31)28-42(38)48(4)30(2)40(36)26-32/h13-20,25-28,43-44H,21-24H2,1-4H3/p+2. The van der Waals surface area contributed by atoms with Crippen molar-refractivity contribution in [2.75, 3.05) is 47.4 Å². The van der Waals surface area contributed by atoms with Crippen LogP contribution in [-0.4, -0.2) is 26.2 Å². The fourth-order valence-corrected chi connectivity index (χ4v) is 6.33. The third-order valence-corrected chi connectivity index (χ3v) is 9.13. The van der Waals surface area contributed by atoms with E-state index in [1.807, 2.05) is 0 Å². The largest absolute Gasteiger partial charge is 0.374 e. The van der Waals surface area contributed by atoms with Crippen molar-refractivity contribution in [3.63, 3.8) is 0 Å². The highest BCUT2D eigenvalue weighted by molar-refractivity contribution is 6.07. The third-order valence-electron chi connectivity index (χ3n) is 9.13. The molecule has 6 nitrogen and oxygen atoms in total. The highest BCUT2D eigenvalue weighted by Crippen LogP contribution is 2.30. The van der Waals surface area contributed by atoms with Crippen molar-refractivity contribution in [1.29, 1.82) is 0 Å². The summed E-state index contributed by atoms with van der Waals surface area (Å²) < 4.78 is 4.49. The Morgan fingerprint density at radius 3 is 1.08 bits per heavy atom. The van der Waals surface area contributed by atoms with Gasteiger partial charge in [-0.2, -0.15) is 9.13 Å². The molecule has 6 aromatic rings. The van der Waals surface area contributed by atoms with Gasteiger partial charge in [0.15, 0.2) is 11.4 Å². The van der Waals surface area contributed by atoms with Crippen LogP contribution in [0.3, 0.4) is 0 Å². The quantitative estimate of drug-likeness (QED) is 0.0961. The topological polar surface area (TPSA) is 55.9 Å². The molecule has 10 aliphatic rings. The second-order valence-corrected chi connectivity index (χ2v) is 11.9. The van der Waals surface area contributed by atoms with Gasteiger partial charge in [0.2, 0.25) is 11.0 Å². The maximum atomic E-state index is 3.44. The number of aromatic nitrogens is 2. The first-order valence-electron chi connectivity index (χ1n) is 16.1. The minimum absolute atomic E-state index is 0.514. The first kappa shape index (κ1) is 30.3. The van der Waals surface area contributed by atoms with Gasteiger partial charge in [-0.25, -0.2) is 0 Å². The summed E-state index contributed by atoms with van der Waals surface area (Å²) in [4.78, 5) is 0. The van der Waals surface area contributed by atoms with Crippen molar-refractivity contribution in [3.05, 3.63) is 84.2 Å². The van der Waals surface area contributed by atoms with Crippen LogP contribution in [0.1, 0.15) is 11.4 Å². The second-order valence-electron chi connectivity index (χ2n) is 11.9. The third kappa shape index (κ3) is 5.97. The lowest BCUT2D eigenvalue weighted by Gasteiger charge is -2.10. The van der Waals surface area contributed by atoms with Gasteiger partial charge in [0.1, 0.15) is 14.1 Å². The average Bonchev–Trinajstić information content (AvgIpc) is 3.11. The summed E-state index contributed by atoms with van der Waals surface area (Å²) in [5, 5.41) is 21.0. The van der Waals surface area contributed by atoms with Gasteiger partial charge < -0.3 is 21.3 Å². The summed E-state index contributed by atoms with van der Waals surface area (Å²) in [6.45, 7) is 6.38. The number of pyridine rings is 2. The van der Waals surface area contributed by atoms with Gasteiger partial charge in [-0.1, -0.05) is 35.8 Å². The summed E-state index contributed by atoms with van der Waals surface area (Å²) in [5.41, 5.74) is 8.81. The van der Waals surface area contributed by atoms with Crippen LogP contribution in [0.4, 0.5) is 22.7 Å². The van der Waals surface area contributed by atoms with Crippen LogP contribution in [-0.2, 0) is 14.1 Å². The van der Waals surface area contributed by atoms with E-state index in [1.54, 1.807) is 0 Å². The van der Waals surface area contributed by atoms with Crippen LogP contribution in [0, 0.1) is 61.2 Å². The van der Waals surface area contributed by atoms with Gasteiger partial charge in [0, 0.05) is 59.5 Å². The molecule has 0 aliphatic carbocycles. The molecular weight excluding hydrogens is 589 g/mol. The van der Waals surface area contributed by atoms with Crippen LogP contribution in [0.5, 0.6) is 0 Å². The Hall–Kier alpha value is -6.34. The molecule has 0 saturated heterocycles. The first-order chi connectivity index (χ1) is 23.5. The van der Waals surface area contributed by atoms with Crippen LogP contribution in [0.15, 0.2) is 72.8 Å². The lowest BCUT2D eigenvalue weighted by atomic mass is 10.0. The molecule has 12 heterocycles. The molecule has 0 amide bonds. The van der Waals surface area contributed by atoms with E-state index < -0.39 is 0 Å². The molecule has 16 rings (SSSR count). The Bertz CT molecular complexity index is 2180. The normalized spacial score (nSPS) is 12.9. The smallest absolute Gasteiger partial charge is 0.215 e. The number of hydrogen-bond acceptors (Lipinski definition) is 4. The van der Waals surface area contributed by atoms with Gasteiger partial charge in [0.25, 0.3) is 0 Å². The van der Waals surface area contributed by atoms with Crippen LogP contribution < -0.4 is 30.4 Å². The molecule has 4 N–H and O–H groups in total. The fraction of sp³-hybridized carbons (Fsp3) is 0.190. The molecule has 0 spiro atoms. The molecule has 10 aliphatic heterocycles. The van der Waals surface area contributed by atoms with E-state index >= 15 is 0 Å². The minimum atomic E-state index is 0.514. The first-order valence-corrected chi connectivity index (χ1v) is 16.1. The number of benzene rings is 4. The van der Waals surface area contributed by atoms with Crippen LogP contribution in [0.2, 0.25) is 0 Å². The summed E-state index contributed by atoms with van der Waals surface area (Å²) in [6, 6.07) is 26.0. The molecule has 0 fully saturated rings. The Morgan fingerprint density at radius 1 is 0.417 bits per heavy atom. The SMILES string of the molecule is Cc1c2cc3ccc2c2ccc(cc2[n+]1C)NCC#CC#CCNc1ccc2c(c1)c(C)[n+](C)c1cc(ccc21)NCC#CC#CCN3. The molecule has 12 bridgehead atoms. The number of nitrogens with one attached hydrogen (secondary N) is 4. The Morgan fingerprint density at radius 2 is 0.729 bits per heavy atom. The van der Waals surface area contributed by atoms with Crippen molar-refractivity contribution >= 4 is 66.1 Å². The second kappa shape index (κ2) is 13.2. The lowest BCUT2D eigenvalue weighted by Crippen LogP contribution is -2.33. The molecule has 4 aromatic carbocycles. The minimum Gasteiger partial charge on any atom is -0.374 e. The fourth-order valence-electron chi connectivity index (χ4n) is 6.33. The maximum Gasteiger partial charge on any atom is 0.215 e. The molecule has 232 valence electrons. The molecule has 48 heavy (non-hydrogen) atoms. The van der Waals surface area contributed by atoms with Gasteiger partial charge in [0.05, 0.1) is 47.7 Å². The monoisotopic (exact) mass is 624 g/mol. The van der Waals surface area contributed by atoms with Crippen molar-refractivity contribution in [2.45, 2.75) is 13.8 Å². The van der Waals surface area contributed by atoms with Gasteiger partial charge in [-0.15, -0.1) is 0 Å². The molecular formula is C42H36N6+2. The molecule has 2 aromatic heterocycles. The highest BCUT2D eigenvalue weighted by Gasteiger charge is 2.18. The summed E-state index contributed by atoms with van der Waals surface area (Å²) in [5.74, 6) is 24.5. The molecule has 6 heteroatoms. The van der Waals surface area contributed by atoms with E-state index in [1.165, 1.54) is 43.7 Å². The van der Waals surface area contributed by atoms with E-state index in [0.717, 1.165) is 33.8 Å². The number of hydrogen-bond donors (Lipinski definition) is 4. The number of rotatable bonds is 0. The zero-order valence-corrected chi connectivity index (χ0v) is 27.7. The van der Waals surface area contributed by atoms with Crippen molar-refractivity contribution in [3.8, 4) is 47.4 Å². The number of aryl methyl sites for hydroxylation is 4. The summed E-state index contributed by atoms with van der Waals surface area (Å²) >= 11 is 0. The predicted octanol–water partition coefficient (Wildman–Crippen LogP) is 5.94. The highest BCUT2D eigenvalue weighted by atomic mass is 15.0. The Kier molecular flexibility index (Phi) is 8.33. The van der Waals surface area contributed by atoms with Crippen molar-refractivity contribution in [2.24, 2.45) is 14.1 Å². The average molecular weight is 625 g/mol. The van der Waals surface area contributed by atoms with Crippen molar-refractivity contribution in [1.82, 2.24) is 0 Å². The number of nitrogens with zero attached hydrogens (tertiary/aromatic N) is 2. The van der Waals surface area contributed by atoms with Crippen LogP contribution in [0.25, 0.3) is 43.4 Å². The van der Waals surface area contributed by atoms with Gasteiger partial charge >= 0.3 is 0 Å². The Balaban J connectivity index is 1.20. The van der Waals surface area contributed by atoms with E-state index in [9.17, 15) is 0 Å². The van der Waals surface area contributed by atoms with E-state index in [2.05, 4.69) is 179 Å². The van der Waals surface area contributed by atoms with E-state index in [4.69, 9.17) is 0 Å². The van der Waals surface area contributed by atoms with Crippen LogP contribution >= 0.6 is 0 Å². The zero-order valence-electron chi connectivity index (χ0n) is 27.7. The lowest BCUT2D eigenvalue weighted by molar-refractivity contribution is -0.650. The molecule has 0 unspecified atom stereocenters. The molecule has 0 saturated carbocycles. The molecule has 0 radical (unpaired) electrons. The van der Waals surface area contributed by atoms with Crippen molar-refractivity contribution < 1.29 is 9.13 Å². The predicted molar refractivity (Wildman–Crippen MR) is 200 cm³/mol. The summed E-state index contributed by atoms with van der Waals surface area (Å²) in [6.07, 6.45) is 0. The van der Waals surface area contributed by atoms with E-state index in [0.29, 0.717) is 26.2 Å². The summed E-state index contributed by atoms with van der Waals surface area (Å²) in [7, 11) is 4.23. The number of anilines is 4. The Labute approximate surface area is 281 Å².